The van der Waals surface area contributed by atoms with Crippen LogP contribution in [0.5, 0.6) is 0 Å². The molecule has 0 fully saturated rings. The van der Waals surface area contributed by atoms with Crippen molar-refractivity contribution in [2.45, 2.75) is 23.1 Å². The highest BCUT2D eigenvalue weighted by molar-refractivity contribution is 9.10. The molecule has 1 aliphatic carbocycles. The Morgan fingerprint density at radius 3 is 2.90 bits per heavy atom. The van der Waals surface area contributed by atoms with Gasteiger partial charge in [-0.05, 0) is 46.6 Å². The van der Waals surface area contributed by atoms with Crippen molar-refractivity contribution < 1.29 is 9.60 Å². The summed E-state index contributed by atoms with van der Waals surface area (Å²) in [4.78, 5) is 1.27. The lowest BCUT2D eigenvalue weighted by atomic mass is 10.0. The number of thioether (sulfide) groups is 1. The van der Waals surface area contributed by atoms with Crippen molar-refractivity contribution in [3.8, 4) is 0 Å². The summed E-state index contributed by atoms with van der Waals surface area (Å²) in [5.74, 6) is 0.184. The van der Waals surface area contributed by atoms with Crippen LogP contribution < -0.4 is 5.48 Å². The van der Waals surface area contributed by atoms with Crippen LogP contribution in [0.1, 0.15) is 12.5 Å². The minimum absolute atomic E-state index is 0.306. The van der Waals surface area contributed by atoms with E-state index in [1.54, 1.807) is 12.1 Å². The van der Waals surface area contributed by atoms with Crippen LogP contribution in [0.15, 0.2) is 56.8 Å². The molecule has 2 N–H and O–H groups in total. The van der Waals surface area contributed by atoms with Gasteiger partial charge in [0.2, 0.25) is 0 Å². The van der Waals surface area contributed by atoms with E-state index in [0.29, 0.717) is 20.7 Å². The number of rotatable bonds is 4. The molecule has 1 unspecified atom stereocenters. The second-order valence-corrected chi connectivity index (χ2v) is 7.17. The van der Waals surface area contributed by atoms with Crippen LogP contribution in [0.4, 0.5) is 4.39 Å². The maximum atomic E-state index is 14.1. The highest BCUT2D eigenvalue weighted by Crippen LogP contribution is 2.31. The van der Waals surface area contributed by atoms with E-state index in [0.717, 1.165) is 4.91 Å². The molecule has 1 aromatic carbocycles. The molecule has 2 rings (SSSR count). The zero-order valence-corrected chi connectivity index (χ0v) is 14.6. The molecule has 2 nitrogen and oxygen atoms in total. The lowest BCUT2D eigenvalue weighted by Crippen LogP contribution is -2.35. The Labute approximate surface area is 141 Å². The molecule has 0 amide bonds. The maximum absolute atomic E-state index is 14.1. The van der Waals surface area contributed by atoms with Gasteiger partial charge in [-0.3, -0.25) is 0 Å². The second kappa shape index (κ2) is 7.15. The molecule has 6 heteroatoms. The number of benzene rings is 1. The largest absolute Gasteiger partial charge is 0.316 e. The predicted molar refractivity (Wildman–Crippen MR) is 92.3 cm³/mol. The molecular formula is C15H15BrFNOS2. The lowest BCUT2D eigenvalue weighted by Gasteiger charge is -2.19. The molecule has 1 aromatic rings. The van der Waals surface area contributed by atoms with Crippen LogP contribution in [0.2, 0.25) is 0 Å². The molecule has 0 radical (unpaired) electrons. The normalized spacial score (nSPS) is 21.3. The summed E-state index contributed by atoms with van der Waals surface area (Å²) >= 11 is 8.90. The molecule has 0 saturated carbocycles. The Hall–Kier alpha value is -0.530. The number of hydrogen-bond donors (Lipinski definition) is 3. The van der Waals surface area contributed by atoms with Gasteiger partial charge in [-0.15, -0.1) is 24.4 Å². The summed E-state index contributed by atoms with van der Waals surface area (Å²) in [6.07, 6.45) is 9.43. The first kappa shape index (κ1) is 16.8. The third-order valence-electron chi connectivity index (χ3n) is 3.04. The van der Waals surface area contributed by atoms with Crippen molar-refractivity contribution in [3.05, 3.63) is 63.3 Å². The van der Waals surface area contributed by atoms with Crippen molar-refractivity contribution in [2.75, 3.05) is 0 Å². The fourth-order valence-corrected chi connectivity index (χ4v) is 3.38. The lowest BCUT2D eigenvalue weighted by molar-refractivity contribution is 0.119. The average molecular weight is 388 g/mol. The Kier molecular flexibility index (Phi) is 5.73. The summed E-state index contributed by atoms with van der Waals surface area (Å²) in [7, 11) is 0. The Morgan fingerprint density at radius 2 is 2.19 bits per heavy atom. The molecule has 21 heavy (non-hydrogen) atoms. The van der Waals surface area contributed by atoms with Crippen molar-refractivity contribution >= 4 is 40.3 Å². The molecule has 1 aliphatic rings. The van der Waals surface area contributed by atoms with Gasteiger partial charge in [0, 0.05) is 15.1 Å². The van der Waals surface area contributed by atoms with E-state index in [1.165, 1.54) is 11.8 Å². The van der Waals surface area contributed by atoms with Crippen LogP contribution in [0.25, 0.3) is 0 Å². The maximum Gasteiger partial charge on any atom is 0.141 e. The van der Waals surface area contributed by atoms with Crippen molar-refractivity contribution in [1.82, 2.24) is 5.48 Å². The van der Waals surface area contributed by atoms with Gasteiger partial charge in [-0.2, -0.15) is 5.48 Å². The van der Waals surface area contributed by atoms with Crippen LogP contribution in [0.3, 0.4) is 0 Å². The van der Waals surface area contributed by atoms with Crippen molar-refractivity contribution in [3.63, 3.8) is 0 Å². The predicted octanol–water partition coefficient (Wildman–Crippen LogP) is 4.86. The zero-order chi connectivity index (χ0) is 15.5. The first-order valence-corrected chi connectivity index (χ1v) is 8.46. The van der Waals surface area contributed by atoms with Gasteiger partial charge >= 0.3 is 0 Å². The number of thiol groups is 1. The van der Waals surface area contributed by atoms with Gasteiger partial charge in [-0.25, -0.2) is 4.39 Å². The van der Waals surface area contributed by atoms with Gasteiger partial charge < -0.3 is 5.21 Å². The first-order valence-electron chi connectivity index (χ1n) is 6.24. The van der Waals surface area contributed by atoms with Crippen molar-refractivity contribution in [2.24, 2.45) is 0 Å². The van der Waals surface area contributed by atoms with Crippen LogP contribution in [-0.2, 0) is 5.75 Å². The van der Waals surface area contributed by atoms with E-state index in [4.69, 9.17) is 0 Å². The van der Waals surface area contributed by atoms with Gasteiger partial charge in [0.15, 0.2) is 0 Å². The molecule has 0 bridgehead atoms. The number of allylic oxidation sites excluding steroid dienone is 3. The van der Waals surface area contributed by atoms with Gasteiger partial charge in [-0.1, -0.05) is 24.3 Å². The van der Waals surface area contributed by atoms with Gasteiger partial charge in [0.1, 0.15) is 5.82 Å². The zero-order valence-electron chi connectivity index (χ0n) is 11.3. The Bertz CT molecular complexity index is 630. The SMILES string of the molecule is CC1(NO)C=CC=CC(SCc2ccc(Br)c(S)c2F)=C1. The molecule has 0 aliphatic heterocycles. The summed E-state index contributed by atoms with van der Waals surface area (Å²) in [6.45, 7) is 1.85. The summed E-state index contributed by atoms with van der Waals surface area (Å²) in [6, 6.07) is 3.54. The van der Waals surface area contributed by atoms with E-state index < -0.39 is 5.54 Å². The topological polar surface area (TPSA) is 32.3 Å². The third kappa shape index (κ3) is 4.23. The molecule has 0 heterocycles. The van der Waals surface area contributed by atoms with E-state index in [2.05, 4.69) is 34.0 Å². The summed E-state index contributed by atoms with van der Waals surface area (Å²) in [5.41, 5.74) is 2.24. The van der Waals surface area contributed by atoms with Gasteiger partial charge in [0.25, 0.3) is 0 Å². The van der Waals surface area contributed by atoms with E-state index in [9.17, 15) is 9.60 Å². The van der Waals surface area contributed by atoms with E-state index in [-0.39, 0.29) is 5.82 Å². The fraction of sp³-hybridized carbons (Fsp3) is 0.200. The quantitative estimate of drug-likeness (QED) is 0.509. The standard InChI is InChI=1S/C15H15BrFNOS2/c1-15(18-19)7-3-2-4-11(8-15)21-9-10-5-6-12(16)14(20)13(10)17/h2-8,18-20H,9H2,1H3. The van der Waals surface area contributed by atoms with E-state index >= 15 is 0 Å². The smallest absolute Gasteiger partial charge is 0.141 e. The molecule has 0 spiro atoms. The molecule has 0 aromatic heterocycles. The Balaban J connectivity index is 2.15. The average Bonchev–Trinajstić information content (AvgIpc) is 2.66. The first-order chi connectivity index (χ1) is 9.95. The number of hydroxylamine groups is 1. The number of nitrogens with one attached hydrogen (secondary N) is 1. The fourth-order valence-electron chi connectivity index (χ4n) is 1.81. The van der Waals surface area contributed by atoms with Crippen LogP contribution >= 0.6 is 40.3 Å². The van der Waals surface area contributed by atoms with Crippen LogP contribution in [0, 0.1) is 5.82 Å². The third-order valence-corrected chi connectivity index (χ3v) is 5.49. The summed E-state index contributed by atoms with van der Waals surface area (Å²) in [5, 5.41) is 9.23. The molecule has 0 saturated heterocycles. The molecule has 112 valence electrons. The highest BCUT2D eigenvalue weighted by atomic mass is 79.9. The minimum atomic E-state index is -0.626. The number of hydrogen-bond acceptors (Lipinski definition) is 4. The Morgan fingerprint density at radius 1 is 1.43 bits per heavy atom. The van der Waals surface area contributed by atoms with E-state index in [1.807, 2.05) is 37.3 Å². The summed E-state index contributed by atoms with van der Waals surface area (Å²) < 4.78 is 14.7. The monoisotopic (exact) mass is 387 g/mol. The molecule has 1 atom stereocenters. The van der Waals surface area contributed by atoms with Gasteiger partial charge in [0.05, 0.1) is 10.4 Å². The van der Waals surface area contributed by atoms with Crippen LogP contribution in [-0.4, -0.2) is 10.7 Å². The van der Waals surface area contributed by atoms with Crippen molar-refractivity contribution in [1.29, 1.82) is 0 Å². The number of halogens is 2. The minimum Gasteiger partial charge on any atom is -0.316 e. The second-order valence-electron chi connectivity index (χ2n) is 4.82. The highest BCUT2D eigenvalue weighted by Gasteiger charge is 2.18. The molecular weight excluding hydrogens is 373 g/mol.